The smallest absolute Gasteiger partial charge is 0.187 e. The third-order valence-electron chi connectivity index (χ3n) is 17.6. The molecule has 1 spiro atoms. The van der Waals surface area contributed by atoms with Gasteiger partial charge in [-0.2, -0.15) is 0 Å². The Bertz CT molecular complexity index is 1720. The molecule has 0 bridgehead atoms. The lowest BCUT2D eigenvalue weighted by molar-refractivity contribution is -0.392. The summed E-state index contributed by atoms with van der Waals surface area (Å²) in [6, 6.07) is 0. The highest BCUT2D eigenvalue weighted by Crippen LogP contribution is 2.70. The largest absolute Gasteiger partial charge is 0.394 e. The van der Waals surface area contributed by atoms with Crippen LogP contribution in [0.2, 0.25) is 0 Å². The van der Waals surface area contributed by atoms with Crippen molar-refractivity contribution in [1.82, 2.24) is 0 Å². The molecule has 9 rings (SSSR count). The monoisotopic (exact) mass is 914 g/mol. The molecule has 5 heterocycles. The van der Waals surface area contributed by atoms with Gasteiger partial charge < -0.3 is 94.1 Å². The van der Waals surface area contributed by atoms with Crippen molar-refractivity contribution < 1.29 is 94.1 Å². The molecule has 0 aromatic heterocycles. The molecule has 9 aliphatic rings. The molecule has 64 heavy (non-hydrogen) atoms. The molecule has 11 N–H and O–H groups in total. The van der Waals surface area contributed by atoms with Gasteiger partial charge in [-0.1, -0.05) is 44.6 Å². The van der Waals surface area contributed by atoms with Crippen molar-refractivity contribution in [2.45, 2.75) is 195 Å². The lowest BCUT2D eigenvalue weighted by atomic mass is 9.46. The molecule has 8 fully saturated rings. The van der Waals surface area contributed by atoms with Gasteiger partial charge in [0.05, 0.1) is 44.2 Å². The number of fused-ring (bicyclic) bond motifs is 7. The van der Waals surface area contributed by atoms with Crippen LogP contribution in [0.25, 0.3) is 0 Å². The second-order valence-corrected chi connectivity index (χ2v) is 20.8. The van der Waals surface area contributed by atoms with E-state index in [1.165, 1.54) is 6.92 Å². The van der Waals surface area contributed by atoms with E-state index in [2.05, 4.69) is 26.5 Å². The maximum absolute atomic E-state index is 12.3. The molecule has 5 saturated heterocycles. The van der Waals surface area contributed by atoms with Gasteiger partial charge in [0.25, 0.3) is 0 Å². The summed E-state index contributed by atoms with van der Waals surface area (Å²) in [6.45, 7) is 11.2. The standard InChI is InChI=1S/C45H70O19/c1-17-8-11-45(57-16-17)18(2)28-24(64-45)13-23-21-7-6-20-12-25(31(50)39(56)44(20,5)22(21)9-10-43(23,28)4)59-42-38(63-40-34(53)32(51)29(48)19(3)58-40)36(55)37(27(15-47)61-42)62-41-35(54)33(52)30(49)26(14-46)60-41/h6,18-19,21-42,46-56H,1,7-16H2,2-5H3. The minimum Gasteiger partial charge on any atom is -0.394 e. The minimum atomic E-state index is -1.89. The fourth-order valence-electron chi connectivity index (χ4n) is 13.9. The van der Waals surface area contributed by atoms with Crippen LogP contribution in [0.5, 0.6) is 0 Å². The average Bonchev–Trinajstić information content (AvgIpc) is 3.72. The predicted octanol–water partition coefficient (Wildman–Crippen LogP) is -1.92. The van der Waals surface area contributed by atoms with Gasteiger partial charge in [-0.15, -0.1) is 0 Å². The van der Waals surface area contributed by atoms with E-state index in [0.717, 1.165) is 49.7 Å². The lowest BCUT2D eigenvalue weighted by Crippen LogP contribution is -2.67. The van der Waals surface area contributed by atoms with Crippen LogP contribution in [0.3, 0.4) is 0 Å². The molecule has 27 atom stereocenters. The first-order chi connectivity index (χ1) is 30.3. The van der Waals surface area contributed by atoms with Crippen molar-refractivity contribution >= 4 is 0 Å². The summed E-state index contributed by atoms with van der Waals surface area (Å²) in [7, 11) is 0. The summed E-state index contributed by atoms with van der Waals surface area (Å²) in [4.78, 5) is 0. The minimum absolute atomic E-state index is 0.00148. The Morgan fingerprint density at radius 1 is 0.719 bits per heavy atom. The summed E-state index contributed by atoms with van der Waals surface area (Å²) in [6.07, 6.45) is -21.0. The second kappa shape index (κ2) is 17.6. The topological polar surface area (TPSA) is 296 Å². The zero-order valence-corrected chi connectivity index (χ0v) is 36.9. The van der Waals surface area contributed by atoms with Crippen LogP contribution in [0.15, 0.2) is 23.8 Å². The fraction of sp³-hybridized carbons (Fsp3) is 0.911. The molecule has 0 aromatic carbocycles. The van der Waals surface area contributed by atoms with E-state index in [0.29, 0.717) is 18.4 Å². The zero-order chi connectivity index (χ0) is 45.9. The Kier molecular flexibility index (Phi) is 13.1. The first-order valence-corrected chi connectivity index (χ1v) is 23.2. The third-order valence-corrected chi connectivity index (χ3v) is 17.6. The van der Waals surface area contributed by atoms with Crippen LogP contribution in [0.4, 0.5) is 0 Å². The predicted molar refractivity (Wildman–Crippen MR) is 217 cm³/mol. The van der Waals surface area contributed by atoms with Gasteiger partial charge in [0.15, 0.2) is 24.7 Å². The first kappa shape index (κ1) is 47.8. The average molecular weight is 915 g/mol. The van der Waals surface area contributed by atoms with Crippen molar-refractivity contribution in [2.75, 3.05) is 19.8 Å². The number of hydrogen-bond acceptors (Lipinski definition) is 19. The molecule has 4 aliphatic carbocycles. The van der Waals surface area contributed by atoms with Crippen molar-refractivity contribution in [1.29, 1.82) is 0 Å². The molecule has 0 radical (unpaired) electrons. The third kappa shape index (κ3) is 7.43. The molecule has 364 valence electrons. The van der Waals surface area contributed by atoms with E-state index in [4.69, 9.17) is 37.9 Å². The van der Waals surface area contributed by atoms with Crippen molar-refractivity contribution in [3.05, 3.63) is 23.8 Å². The quantitative estimate of drug-likeness (QED) is 0.118. The Hall–Kier alpha value is -1.28. The van der Waals surface area contributed by atoms with Gasteiger partial charge >= 0.3 is 0 Å². The zero-order valence-electron chi connectivity index (χ0n) is 36.9. The maximum Gasteiger partial charge on any atom is 0.187 e. The van der Waals surface area contributed by atoms with E-state index in [1.54, 1.807) is 0 Å². The number of aliphatic hydroxyl groups is 11. The Morgan fingerprint density at radius 2 is 1.38 bits per heavy atom. The molecule has 19 nitrogen and oxygen atoms in total. The number of rotatable bonds is 8. The fourth-order valence-corrected chi connectivity index (χ4v) is 13.9. The lowest BCUT2D eigenvalue weighted by Gasteiger charge is -2.60. The molecule has 19 heteroatoms. The number of hydrogen-bond donors (Lipinski definition) is 11. The SMILES string of the molecule is C=C1CCC2(OC1)OC1CC3C4CC=C5CC(OC6OC(CO)C(OC7OC(CO)C(O)C(O)C7O)C(O)C6OC6OC(C)C(O)C(O)C6O)C(O)C(O)C5(C)C4CCC3(C)C1C2C. The van der Waals surface area contributed by atoms with Crippen LogP contribution in [0, 0.1) is 40.4 Å². The Balaban J connectivity index is 0.952. The molecule has 3 saturated carbocycles. The van der Waals surface area contributed by atoms with Crippen LogP contribution >= 0.6 is 0 Å². The Labute approximate surface area is 372 Å². The van der Waals surface area contributed by atoms with Crippen molar-refractivity contribution in [3.63, 3.8) is 0 Å². The number of allylic oxidation sites excluding steroid dienone is 1. The second-order valence-electron chi connectivity index (χ2n) is 20.8. The van der Waals surface area contributed by atoms with Crippen molar-refractivity contribution in [3.8, 4) is 0 Å². The van der Waals surface area contributed by atoms with Gasteiger partial charge in [0.1, 0.15) is 73.2 Å². The molecule has 0 aromatic rings. The van der Waals surface area contributed by atoms with E-state index < -0.39 is 135 Å². The number of aliphatic hydroxyl groups excluding tert-OH is 11. The summed E-state index contributed by atoms with van der Waals surface area (Å²) in [5.41, 5.74) is 1.19. The maximum atomic E-state index is 12.3. The first-order valence-electron chi connectivity index (χ1n) is 23.2. The summed E-state index contributed by atoms with van der Waals surface area (Å²) >= 11 is 0. The van der Waals surface area contributed by atoms with Crippen molar-refractivity contribution in [2.24, 2.45) is 40.4 Å². The molecule has 27 unspecified atom stereocenters. The summed E-state index contributed by atoms with van der Waals surface area (Å²) < 4.78 is 49.1. The van der Waals surface area contributed by atoms with Gasteiger partial charge in [-0.3, -0.25) is 0 Å². The highest BCUT2D eigenvalue weighted by molar-refractivity contribution is 5.30. The van der Waals surface area contributed by atoms with Crippen LogP contribution < -0.4 is 0 Å². The highest BCUT2D eigenvalue weighted by Gasteiger charge is 2.70. The van der Waals surface area contributed by atoms with Gasteiger partial charge in [0.2, 0.25) is 0 Å². The van der Waals surface area contributed by atoms with Crippen LogP contribution in [-0.2, 0) is 37.9 Å². The Morgan fingerprint density at radius 3 is 2.05 bits per heavy atom. The van der Waals surface area contributed by atoms with E-state index in [-0.39, 0.29) is 35.7 Å². The van der Waals surface area contributed by atoms with Gasteiger partial charge in [-0.05, 0) is 74.5 Å². The van der Waals surface area contributed by atoms with E-state index in [9.17, 15) is 56.2 Å². The molecular formula is C45H70O19. The number of ether oxygens (including phenoxy) is 8. The van der Waals surface area contributed by atoms with Crippen LogP contribution in [-0.4, -0.2) is 198 Å². The van der Waals surface area contributed by atoms with E-state index in [1.807, 2.05) is 6.92 Å². The van der Waals surface area contributed by atoms with E-state index >= 15 is 0 Å². The van der Waals surface area contributed by atoms with Gasteiger partial charge in [-0.25, -0.2) is 0 Å². The summed E-state index contributed by atoms with van der Waals surface area (Å²) in [5, 5.41) is 120. The normalized spacial score (nSPS) is 57.4. The van der Waals surface area contributed by atoms with Gasteiger partial charge in [0, 0.05) is 17.8 Å². The highest BCUT2D eigenvalue weighted by atomic mass is 16.8. The summed E-state index contributed by atoms with van der Waals surface area (Å²) in [5.74, 6) is 0.555. The molecule has 0 amide bonds. The molecular weight excluding hydrogens is 844 g/mol. The van der Waals surface area contributed by atoms with Crippen LogP contribution in [0.1, 0.15) is 72.6 Å². The molecule has 5 aliphatic heterocycles.